The van der Waals surface area contributed by atoms with E-state index >= 15 is 0 Å². The van der Waals surface area contributed by atoms with Crippen molar-refractivity contribution < 1.29 is 28.6 Å². The number of hydrogen-bond donors (Lipinski definition) is 0. The van der Waals surface area contributed by atoms with Crippen LogP contribution in [0.4, 0.5) is 0 Å². The van der Waals surface area contributed by atoms with E-state index in [1.807, 2.05) is 0 Å². The van der Waals surface area contributed by atoms with Gasteiger partial charge in [0.1, 0.15) is 13.2 Å². The number of unbranched alkanes of at least 4 members (excludes halogenated alkanes) is 33. The molecule has 0 aliphatic rings. The topological polar surface area (TPSA) is 78.9 Å². The van der Waals surface area contributed by atoms with Crippen LogP contribution in [0.1, 0.15) is 284 Å². The molecule has 0 rings (SSSR count). The van der Waals surface area contributed by atoms with E-state index in [9.17, 15) is 14.4 Å². The summed E-state index contributed by atoms with van der Waals surface area (Å²) in [6.45, 7) is 6.63. The summed E-state index contributed by atoms with van der Waals surface area (Å²) >= 11 is 0. The highest BCUT2D eigenvalue weighted by Gasteiger charge is 2.19. The van der Waals surface area contributed by atoms with Crippen LogP contribution in [-0.4, -0.2) is 37.2 Å². The third kappa shape index (κ3) is 46.9. The van der Waals surface area contributed by atoms with Gasteiger partial charge in [-0.25, -0.2) is 0 Å². The zero-order valence-electron chi connectivity index (χ0n) is 40.2. The lowest BCUT2D eigenvalue weighted by atomic mass is 10.0. The Bertz CT molecular complexity index is 973. The Morgan fingerprint density at radius 2 is 0.600 bits per heavy atom. The van der Waals surface area contributed by atoms with E-state index < -0.39 is 6.10 Å². The van der Waals surface area contributed by atoms with Crippen molar-refractivity contribution in [3.63, 3.8) is 0 Å². The molecule has 0 aliphatic carbocycles. The van der Waals surface area contributed by atoms with Crippen molar-refractivity contribution >= 4 is 17.9 Å². The summed E-state index contributed by atoms with van der Waals surface area (Å²) in [5.41, 5.74) is 0. The number of ether oxygens (including phenoxy) is 3. The fourth-order valence-electron chi connectivity index (χ4n) is 7.71. The summed E-state index contributed by atoms with van der Waals surface area (Å²) in [5.74, 6) is -0.870. The highest BCUT2D eigenvalue weighted by atomic mass is 16.6. The second-order valence-corrected chi connectivity index (χ2v) is 17.8. The third-order valence-corrected chi connectivity index (χ3v) is 11.7. The number of rotatable bonds is 48. The highest BCUT2D eigenvalue weighted by Crippen LogP contribution is 2.16. The molecule has 0 spiro atoms. The first-order valence-electron chi connectivity index (χ1n) is 26.3. The molecule has 352 valence electrons. The minimum Gasteiger partial charge on any atom is -0.462 e. The van der Waals surface area contributed by atoms with Gasteiger partial charge in [-0.3, -0.25) is 14.4 Å². The normalized spacial score (nSPS) is 12.1. The second kappa shape index (κ2) is 49.5. The molecule has 0 radical (unpaired) electrons. The smallest absolute Gasteiger partial charge is 0.306 e. The fourth-order valence-corrected chi connectivity index (χ4v) is 7.71. The monoisotopic (exact) mass is 845 g/mol. The summed E-state index contributed by atoms with van der Waals surface area (Å²) in [5, 5.41) is 0. The van der Waals surface area contributed by atoms with Gasteiger partial charge < -0.3 is 14.2 Å². The predicted octanol–water partition coefficient (Wildman–Crippen LogP) is 17.2. The van der Waals surface area contributed by atoms with Gasteiger partial charge in [0.25, 0.3) is 0 Å². The number of carbonyl (C=O) groups excluding carboxylic acids is 3. The van der Waals surface area contributed by atoms with Crippen molar-refractivity contribution in [3.05, 3.63) is 24.3 Å². The SMILES string of the molecule is CCCCC/C=C\C/C=C\CCCCCCCC(=O)OC[C@@H](COC(=O)CCCCCCCCCCCCCC)OC(=O)CCCCCCCCCCCCCCCCC. The zero-order valence-corrected chi connectivity index (χ0v) is 40.2. The van der Waals surface area contributed by atoms with Gasteiger partial charge in [0, 0.05) is 19.3 Å². The van der Waals surface area contributed by atoms with Crippen molar-refractivity contribution in [2.45, 2.75) is 290 Å². The average Bonchev–Trinajstić information content (AvgIpc) is 3.24. The maximum absolute atomic E-state index is 12.8. The van der Waals surface area contributed by atoms with Crippen LogP contribution < -0.4 is 0 Å². The molecule has 0 N–H and O–H groups in total. The van der Waals surface area contributed by atoms with Crippen LogP contribution in [-0.2, 0) is 28.6 Å². The lowest BCUT2D eigenvalue weighted by Gasteiger charge is -2.18. The van der Waals surface area contributed by atoms with E-state index in [4.69, 9.17) is 14.2 Å². The zero-order chi connectivity index (χ0) is 43.7. The van der Waals surface area contributed by atoms with Crippen molar-refractivity contribution in [2.24, 2.45) is 0 Å². The molecule has 1 atom stereocenters. The van der Waals surface area contributed by atoms with Crippen LogP contribution in [0.15, 0.2) is 24.3 Å². The maximum atomic E-state index is 12.8. The molecule has 0 aromatic heterocycles. The molecule has 0 unspecified atom stereocenters. The van der Waals surface area contributed by atoms with Gasteiger partial charge in [-0.05, 0) is 51.4 Å². The van der Waals surface area contributed by atoms with Crippen LogP contribution in [0.25, 0.3) is 0 Å². The number of hydrogen-bond acceptors (Lipinski definition) is 6. The molecule has 0 amide bonds. The van der Waals surface area contributed by atoms with Gasteiger partial charge >= 0.3 is 17.9 Å². The summed E-state index contributed by atoms with van der Waals surface area (Å²) in [6.07, 6.45) is 55.8. The highest BCUT2D eigenvalue weighted by molar-refractivity contribution is 5.71. The Hall–Kier alpha value is -2.11. The number of esters is 3. The van der Waals surface area contributed by atoms with Gasteiger partial charge in [-0.1, -0.05) is 238 Å². The molecular formula is C54H100O6. The predicted molar refractivity (Wildman–Crippen MR) is 256 cm³/mol. The molecule has 60 heavy (non-hydrogen) atoms. The average molecular weight is 845 g/mol. The molecule has 6 heteroatoms. The van der Waals surface area contributed by atoms with Crippen LogP contribution in [0.3, 0.4) is 0 Å². The second-order valence-electron chi connectivity index (χ2n) is 17.8. The molecule has 0 aliphatic heterocycles. The van der Waals surface area contributed by atoms with Crippen LogP contribution in [0.2, 0.25) is 0 Å². The molecule has 0 aromatic carbocycles. The van der Waals surface area contributed by atoms with Crippen LogP contribution in [0, 0.1) is 0 Å². The van der Waals surface area contributed by atoms with E-state index in [2.05, 4.69) is 45.1 Å². The Balaban J connectivity index is 4.35. The molecule has 0 saturated carbocycles. The lowest BCUT2D eigenvalue weighted by molar-refractivity contribution is -0.167. The van der Waals surface area contributed by atoms with Crippen molar-refractivity contribution in [2.75, 3.05) is 13.2 Å². The van der Waals surface area contributed by atoms with Crippen LogP contribution in [0.5, 0.6) is 0 Å². The molecule has 0 aromatic rings. The molecule has 0 saturated heterocycles. The molecule has 0 fully saturated rings. The van der Waals surface area contributed by atoms with Gasteiger partial charge in [0.05, 0.1) is 0 Å². The molecule has 6 nitrogen and oxygen atoms in total. The van der Waals surface area contributed by atoms with Gasteiger partial charge in [-0.15, -0.1) is 0 Å². The Labute approximate surface area is 373 Å². The Morgan fingerprint density at radius 3 is 0.950 bits per heavy atom. The fraction of sp³-hybridized carbons (Fsp3) is 0.870. The molecule has 0 heterocycles. The van der Waals surface area contributed by atoms with E-state index in [1.165, 1.54) is 167 Å². The summed E-state index contributed by atoms with van der Waals surface area (Å²) in [7, 11) is 0. The van der Waals surface area contributed by atoms with Gasteiger partial charge in [0.15, 0.2) is 6.10 Å². The minimum absolute atomic E-state index is 0.0708. The summed E-state index contributed by atoms with van der Waals surface area (Å²) < 4.78 is 16.8. The number of allylic oxidation sites excluding steroid dienone is 4. The van der Waals surface area contributed by atoms with Crippen LogP contribution >= 0.6 is 0 Å². The van der Waals surface area contributed by atoms with Gasteiger partial charge in [0.2, 0.25) is 0 Å². The molecular weight excluding hydrogens is 745 g/mol. The van der Waals surface area contributed by atoms with E-state index in [0.717, 1.165) is 77.0 Å². The maximum Gasteiger partial charge on any atom is 0.306 e. The Morgan fingerprint density at radius 1 is 0.333 bits per heavy atom. The molecule has 0 bridgehead atoms. The summed E-state index contributed by atoms with van der Waals surface area (Å²) in [4.78, 5) is 38.0. The first kappa shape index (κ1) is 57.9. The third-order valence-electron chi connectivity index (χ3n) is 11.7. The van der Waals surface area contributed by atoms with E-state index in [-0.39, 0.29) is 31.1 Å². The van der Waals surface area contributed by atoms with Gasteiger partial charge in [-0.2, -0.15) is 0 Å². The largest absolute Gasteiger partial charge is 0.462 e. The van der Waals surface area contributed by atoms with Crippen molar-refractivity contribution in [3.8, 4) is 0 Å². The van der Waals surface area contributed by atoms with E-state index in [0.29, 0.717) is 19.3 Å². The first-order valence-corrected chi connectivity index (χ1v) is 26.3. The van der Waals surface area contributed by atoms with Crippen molar-refractivity contribution in [1.82, 2.24) is 0 Å². The number of carbonyl (C=O) groups is 3. The summed E-state index contributed by atoms with van der Waals surface area (Å²) in [6, 6.07) is 0. The first-order chi connectivity index (χ1) is 29.5. The quantitative estimate of drug-likeness (QED) is 0.0263. The van der Waals surface area contributed by atoms with Crippen molar-refractivity contribution in [1.29, 1.82) is 0 Å². The Kier molecular flexibility index (Phi) is 47.8. The standard InChI is InChI=1S/C54H100O6/c1-4-7-10-13-16-19-22-25-27-29-32-35-38-41-44-47-53(56)59-50-51(49-58-52(55)46-43-40-37-34-31-24-21-18-15-12-9-6-3)60-54(57)48-45-42-39-36-33-30-28-26-23-20-17-14-11-8-5-2/h16,19,25,27,51H,4-15,17-18,20-24,26,28-50H2,1-3H3/b19-16-,27-25-/t51-/m1/s1. The minimum atomic E-state index is -0.770. The lowest BCUT2D eigenvalue weighted by Crippen LogP contribution is -2.30. The van der Waals surface area contributed by atoms with E-state index in [1.54, 1.807) is 0 Å².